The highest BCUT2D eigenvalue weighted by Crippen LogP contribution is 2.23. The Hall–Kier alpha value is -3.00. The van der Waals surface area contributed by atoms with Gasteiger partial charge < -0.3 is 9.80 Å². The number of rotatable bonds is 4. The molecular formula is C19H19N5O2S. The number of para-hydroxylation sites is 1. The third kappa shape index (κ3) is 3.75. The number of fused-ring (bicyclic) bond motifs is 1. The van der Waals surface area contributed by atoms with Gasteiger partial charge in [0.15, 0.2) is 0 Å². The molecule has 7 nitrogen and oxygen atoms in total. The molecule has 3 heterocycles. The number of carbonyl (C=O) groups excluding carboxylic acids is 2. The number of hydrogen-bond acceptors (Lipinski definition) is 5. The molecule has 27 heavy (non-hydrogen) atoms. The van der Waals surface area contributed by atoms with Crippen molar-refractivity contribution in [2.75, 3.05) is 23.8 Å². The number of anilines is 2. The van der Waals surface area contributed by atoms with Gasteiger partial charge in [-0.3, -0.25) is 10.1 Å². The van der Waals surface area contributed by atoms with Gasteiger partial charge in [0.1, 0.15) is 10.8 Å². The zero-order chi connectivity index (χ0) is 18.8. The number of aromatic nitrogens is 2. The van der Waals surface area contributed by atoms with Gasteiger partial charge in [-0.15, -0.1) is 11.3 Å². The maximum Gasteiger partial charge on any atom is 0.323 e. The Balaban J connectivity index is 1.38. The number of urea groups is 1. The second-order valence-electron chi connectivity index (χ2n) is 6.41. The Bertz CT molecular complexity index is 952. The lowest BCUT2D eigenvalue weighted by Gasteiger charge is -2.17. The van der Waals surface area contributed by atoms with E-state index in [1.807, 2.05) is 24.3 Å². The van der Waals surface area contributed by atoms with Crippen molar-refractivity contribution in [3.8, 4) is 0 Å². The van der Waals surface area contributed by atoms with Crippen LogP contribution in [0.3, 0.4) is 0 Å². The third-order valence-electron chi connectivity index (χ3n) is 4.43. The quantitative estimate of drug-likeness (QED) is 0.750. The predicted molar refractivity (Wildman–Crippen MR) is 106 cm³/mol. The summed E-state index contributed by atoms with van der Waals surface area (Å²) in [6.07, 6.45) is 3.06. The van der Waals surface area contributed by atoms with Gasteiger partial charge in [-0.1, -0.05) is 12.1 Å². The number of carbonyl (C=O) groups is 2. The second-order valence-corrected chi connectivity index (χ2v) is 7.53. The van der Waals surface area contributed by atoms with Crippen molar-refractivity contribution in [1.82, 2.24) is 14.9 Å². The fourth-order valence-corrected chi connectivity index (χ4v) is 4.03. The highest BCUT2D eigenvalue weighted by Gasteiger charge is 2.22. The van der Waals surface area contributed by atoms with E-state index in [1.165, 1.54) is 0 Å². The van der Waals surface area contributed by atoms with Crippen LogP contribution in [-0.2, 0) is 11.3 Å². The zero-order valence-electron chi connectivity index (χ0n) is 14.9. The standard InChI is InChI=1S/C19H19N5O2S/c1-23(12-17-21-14-5-2-3-6-15(14)27-17)19(26)22-16-9-8-13(11-20-16)24-10-4-7-18(24)25/h2-3,5-6,8-9,11H,4,7,10,12H2,1H3,(H,20,22,26). The summed E-state index contributed by atoms with van der Waals surface area (Å²) in [5, 5.41) is 3.65. The lowest BCUT2D eigenvalue weighted by atomic mass is 10.3. The van der Waals surface area contributed by atoms with Crippen LogP contribution in [0.1, 0.15) is 17.8 Å². The van der Waals surface area contributed by atoms with E-state index < -0.39 is 0 Å². The Morgan fingerprint density at radius 2 is 2.15 bits per heavy atom. The summed E-state index contributed by atoms with van der Waals surface area (Å²) in [6, 6.07) is 11.2. The molecular weight excluding hydrogens is 362 g/mol. The minimum absolute atomic E-state index is 0.115. The van der Waals surface area contributed by atoms with Gasteiger partial charge >= 0.3 is 6.03 Å². The third-order valence-corrected chi connectivity index (χ3v) is 5.45. The van der Waals surface area contributed by atoms with E-state index in [4.69, 9.17) is 0 Å². The van der Waals surface area contributed by atoms with Crippen molar-refractivity contribution >= 4 is 45.0 Å². The largest absolute Gasteiger partial charge is 0.323 e. The molecule has 1 aromatic carbocycles. The Labute approximate surface area is 160 Å². The molecule has 0 radical (unpaired) electrons. The van der Waals surface area contributed by atoms with Crippen molar-refractivity contribution in [2.45, 2.75) is 19.4 Å². The van der Waals surface area contributed by atoms with E-state index >= 15 is 0 Å². The first kappa shape index (κ1) is 17.4. The number of nitrogens with one attached hydrogen (secondary N) is 1. The number of nitrogens with zero attached hydrogens (tertiary/aromatic N) is 4. The van der Waals surface area contributed by atoms with Crippen molar-refractivity contribution in [3.05, 3.63) is 47.6 Å². The molecule has 0 bridgehead atoms. The number of pyridine rings is 1. The molecule has 0 spiro atoms. The summed E-state index contributed by atoms with van der Waals surface area (Å²) >= 11 is 1.58. The topological polar surface area (TPSA) is 78.4 Å². The maximum atomic E-state index is 12.4. The normalized spacial score (nSPS) is 14.0. The lowest BCUT2D eigenvalue weighted by Crippen LogP contribution is -2.31. The molecule has 138 valence electrons. The molecule has 2 aromatic heterocycles. The first-order valence-corrected chi connectivity index (χ1v) is 9.55. The van der Waals surface area contributed by atoms with Gasteiger partial charge in [0, 0.05) is 20.0 Å². The van der Waals surface area contributed by atoms with E-state index in [2.05, 4.69) is 15.3 Å². The van der Waals surface area contributed by atoms with Gasteiger partial charge in [0.05, 0.1) is 28.6 Å². The highest BCUT2D eigenvalue weighted by molar-refractivity contribution is 7.18. The molecule has 1 N–H and O–H groups in total. The minimum atomic E-state index is -0.258. The molecule has 1 aliphatic rings. The molecule has 0 aliphatic carbocycles. The van der Waals surface area contributed by atoms with Crippen LogP contribution in [0.2, 0.25) is 0 Å². The summed E-state index contributed by atoms with van der Waals surface area (Å²) < 4.78 is 1.11. The SMILES string of the molecule is CN(Cc1nc2ccccc2s1)C(=O)Nc1ccc(N2CCCC2=O)cn1. The van der Waals surface area contributed by atoms with Crippen molar-refractivity contribution in [3.63, 3.8) is 0 Å². The van der Waals surface area contributed by atoms with Crippen LogP contribution < -0.4 is 10.2 Å². The Morgan fingerprint density at radius 1 is 1.30 bits per heavy atom. The van der Waals surface area contributed by atoms with Crippen LogP contribution in [0.4, 0.5) is 16.3 Å². The number of amides is 3. The molecule has 8 heteroatoms. The van der Waals surface area contributed by atoms with Gasteiger partial charge in [0.2, 0.25) is 5.91 Å². The number of thiazole rings is 1. The molecule has 3 amide bonds. The average Bonchev–Trinajstić information content (AvgIpc) is 3.27. The summed E-state index contributed by atoms with van der Waals surface area (Å²) in [6.45, 7) is 1.14. The molecule has 1 fully saturated rings. The number of benzene rings is 1. The van der Waals surface area contributed by atoms with Crippen LogP contribution in [0, 0.1) is 0 Å². The van der Waals surface area contributed by atoms with E-state index in [0.29, 0.717) is 18.8 Å². The first-order valence-electron chi connectivity index (χ1n) is 8.73. The molecule has 0 unspecified atom stereocenters. The Kier molecular flexibility index (Phi) is 4.72. The van der Waals surface area contributed by atoms with Gasteiger partial charge in [-0.05, 0) is 30.7 Å². The summed E-state index contributed by atoms with van der Waals surface area (Å²) in [4.78, 5) is 36.3. The monoisotopic (exact) mass is 381 g/mol. The maximum absolute atomic E-state index is 12.4. The van der Waals surface area contributed by atoms with Crippen LogP contribution in [0.25, 0.3) is 10.2 Å². The molecule has 4 rings (SSSR count). The zero-order valence-corrected chi connectivity index (χ0v) is 15.7. The molecule has 0 atom stereocenters. The van der Waals surface area contributed by atoms with Crippen molar-refractivity contribution in [1.29, 1.82) is 0 Å². The number of hydrogen-bond donors (Lipinski definition) is 1. The predicted octanol–water partition coefficient (Wildman–Crippen LogP) is 3.48. The summed E-state index contributed by atoms with van der Waals surface area (Å²) in [7, 11) is 1.72. The van der Waals surface area contributed by atoms with Crippen molar-refractivity contribution < 1.29 is 9.59 Å². The average molecular weight is 381 g/mol. The van der Waals surface area contributed by atoms with E-state index in [-0.39, 0.29) is 11.9 Å². The lowest BCUT2D eigenvalue weighted by molar-refractivity contribution is -0.117. The Morgan fingerprint density at radius 3 is 2.85 bits per heavy atom. The second kappa shape index (κ2) is 7.32. The van der Waals surface area contributed by atoms with Crippen molar-refractivity contribution in [2.24, 2.45) is 0 Å². The summed E-state index contributed by atoms with van der Waals surface area (Å²) in [5.41, 5.74) is 1.71. The first-order chi connectivity index (χ1) is 13.1. The van der Waals surface area contributed by atoms with E-state index in [1.54, 1.807) is 46.5 Å². The van der Waals surface area contributed by atoms with Gasteiger partial charge in [-0.25, -0.2) is 14.8 Å². The smallest absolute Gasteiger partial charge is 0.321 e. The molecule has 1 aliphatic heterocycles. The summed E-state index contributed by atoms with van der Waals surface area (Å²) in [5.74, 6) is 0.565. The van der Waals surface area contributed by atoms with Gasteiger partial charge in [0.25, 0.3) is 0 Å². The minimum Gasteiger partial charge on any atom is -0.321 e. The fourth-order valence-electron chi connectivity index (χ4n) is 3.01. The van der Waals surface area contributed by atoms with E-state index in [0.717, 1.165) is 33.9 Å². The van der Waals surface area contributed by atoms with Crippen LogP contribution in [-0.4, -0.2) is 40.4 Å². The molecule has 3 aromatic rings. The molecule has 0 saturated carbocycles. The highest BCUT2D eigenvalue weighted by atomic mass is 32.1. The molecule has 1 saturated heterocycles. The van der Waals surface area contributed by atoms with Crippen LogP contribution >= 0.6 is 11.3 Å². The van der Waals surface area contributed by atoms with Crippen LogP contribution in [0.15, 0.2) is 42.6 Å². The van der Waals surface area contributed by atoms with E-state index in [9.17, 15) is 9.59 Å². The van der Waals surface area contributed by atoms with Gasteiger partial charge in [-0.2, -0.15) is 0 Å². The fraction of sp³-hybridized carbons (Fsp3) is 0.263. The van der Waals surface area contributed by atoms with Crippen LogP contribution in [0.5, 0.6) is 0 Å².